The number of aromatic nitrogens is 6. The molecule has 1 unspecified atom stereocenters. The third-order valence-corrected chi connectivity index (χ3v) is 9.07. The van der Waals surface area contributed by atoms with Crippen molar-refractivity contribution in [3.63, 3.8) is 0 Å². The van der Waals surface area contributed by atoms with Gasteiger partial charge in [0, 0.05) is 37.6 Å². The van der Waals surface area contributed by atoms with E-state index in [1.165, 1.54) is 5.56 Å². The number of hydrogen-bond donors (Lipinski definition) is 2. The van der Waals surface area contributed by atoms with Crippen LogP contribution in [0, 0.1) is 5.92 Å². The highest BCUT2D eigenvalue weighted by molar-refractivity contribution is 6.07. The Morgan fingerprint density at radius 1 is 0.654 bits per heavy atom. The molecule has 0 aliphatic carbocycles. The first-order valence-electron chi connectivity index (χ1n) is 17.6. The standard InChI is InChI=1S/C22H24N4O.C20H20N4O/c1-14(2)13-26-19-16-11-7-8-12-17(16)24-21(23)18(19)25-22(26)20(27-3)15-9-5-4-6-10-15;1-2-25-13-17-23-18-19(24(17)12-14-8-4-3-5-9-14)15-10-6-7-11-16(15)22-20(18)21/h4-12,14,20H,13H2,1-3H3,(H2,23,24);3-11H,2,12-13H2,1H3,(H2,21,22). The van der Waals surface area contributed by atoms with Crippen LogP contribution in [0.3, 0.4) is 0 Å². The van der Waals surface area contributed by atoms with Crippen molar-refractivity contribution in [1.82, 2.24) is 29.1 Å². The Kier molecular flexibility index (Phi) is 10.1. The molecule has 0 spiro atoms. The predicted molar refractivity (Wildman–Crippen MR) is 210 cm³/mol. The summed E-state index contributed by atoms with van der Waals surface area (Å²) in [7, 11) is 1.72. The molecule has 10 nitrogen and oxygen atoms in total. The number of benzene rings is 4. The summed E-state index contributed by atoms with van der Waals surface area (Å²) >= 11 is 0. The third-order valence-electron chi connectivity index (χ3n) is 9.07. The van der Waals surface area contributed by atoms with E-state index >= 15 is 0 Å². The molecule has 0 aliphatic rings. The summed E-state index contributed by atoms with van der Waals surface area (Å²) in [6.45, 7) is 9.02. The van der Waals surface area contributed by atoms with E-state index in [0.29, 0.717) is 37.3 Å². The number of anilines is 2. The summed E-state index contributed by atoms with van der Waals surface area (Å²) in [6.07, 6.45) is -0.268. The first kappa shape index (κ1) is 34.6. The van der Waals surface area contributed by atoms with Gasteiger partial charge in [-0.3, -0.25) is 0 Å². The number of fused-ring (bicyclic) bond motifs is 6. The summed E-state index contributed by atoms with van der Waals surface area (Å²) < 4.78 is 16.0. The zero-order valence-corrected chi connectivity index (χ0v) is 30.0. The van der Waals surface area contributed by atoms with Gasteiger partial charge in [-0.05, 0) is 36.1 Å². The van der Waals surface area contributed by atoms with E-state index in [0.717, 1.165) is 67.6 Å². The van der Waals surface area contributed by atoms with Gasteiger partial charge in [-0.25, -0.2) is 19.9 Å². The SMILES string of the molecule is CCOCc1nc2c(N)nc3ccccc3c2n1Cc1ccccc1.COC(c1ccccc1)c1nc2c(N)nc3ccccc3c2n1CC(C)C. The molecule has 0 bridgehead atoms. The number of para-hydroxylation sites is 2. The van der Waals surface area contributed by atoms with Gasteiger partial charge < -0.3 is 30.1 Å². The van der Waals surface area contributed by atoms with Gasteiger partial charge in [-0.15, -0.1) is 0 Å². The molecule has 4 aromatic heterocycles. The molecule has 8 aromatic rings. The van der Waals surface area contributed by atoms with Crippen molar-refractivity contribution in [2.75, 3.05) is 25.2 Å². The van der Waals surface area contributed by atoms with Crippen molar-refractivity contribution in [2.45, 2.75) is 46.6 Å². The maximum atomic E-state index is 6.29. The summed E-state index contributed by atoms with van der Waals surface area (Å²) in [6, 6.07) is 36.6. The van der Waals surface area contributed by atoms with Crippen LogP contribution in [0.2, 0.25) is 0 Å². The molecule has 10 heteroatoms. The van der Waals surface area contributed by atoms with Crippen LogP contribution in [0.25, 0.3) is 43.9 Å². The van der Waals surface area contributed by atoms with Crippen molar-refractivity contribution >= 4 is 55.5 Å². The minimum absolute atomic E-state index is 0.268. The molecule has 0 radical (unpaired) electrons. The quantitative estimate of drug-likeness (QED) is 0.146. The molecule has 0 aliphatic heterocycles. The van der Waals surface area contributed by atoms with Crippen LogP contribution in [-0.2, 0) is 29.2 Å². The summed E-state index contributed by atoms with van der Waals surface area (Å²) in [5.74, 6) is 3.08. The molecule has 0 amide bonds. The Morgan fingerprint density at radius 3 is 1.77 bits per heavy atom. The Morgan fingerprint density at radius 2 is 1.19 bits per heavy atom. The lowest BCUT2D eigenvalue weighted by Crippen LogP contribution is -2.14. The smallest absolute Gasteiger partial charge is 0.152 e. The fourth-order valence-electron chi connectivity index (χ4n) is 6.79. The summed E-state index contributed by atoms with van der Waals surface area (Å²) in [5.41, 5.74) is 20.0. The van der Waals surface area contributed by atoms with E-state index in [4.69, 9.17) is 30.9 Å². The maximum Gasteiger partial charge on any atom is 0.152 e. The molecule has 4 heterocycles. The normalized spacial score (nSPS) is 12.2. The highest BCUT2D eigenvalue weighted by Gasteiger charge is 2.25. The molecule has 4 aromatic carbocycles. The number of hydrogen-bond acceptors (Lipinski definition) is 8. The summed E-state index contributed by atoms with van der Waals surface area (Å²) in [5, 5.41) is 2.11. The van der Waals surface area contributed by atoms with E-state index in [1.807, 2.05) is 79.7 Å². The van der Waals surface area contributed by atoms with Gasteiger partial charge in [-0.1, -0.05) is 111 Å². The lowest BCUT2D eigenvalue weighted by Gasteiger charge is -2.19. The number of ether oxygens (including phenoxy) is 2. The molecule has 4 N–H and O–H groups in total. The molecule has 52 heavy (non-hydrogen) atoms. The van der Waals surface area contributed by atoms with Crippen LogP contribution in [0.5, 0.6) is 0 Å². The van der Waals surface area contributed by atoms with Crippen LogP contribution in [0.4, 0.5) is 11.6 Å². The van der Waals surface area contributed by atoms with Crippen LogP contribution in [-0.4, -0.2) is 42.8 Å². The van der Waals surface area contributed by atoms with Gasteiger partial charge in [-0.2, -0.15) is 0 Å². The second kappa shape index (κ2) is 15.2. The first-order chi connectivity index (χ1) is 25.4. The Hall–Kier alpha value is -5.84. The molecule has 0 fully saturated rings. The molecule has 8 rings (SSSR count). The van der Waals surface area contributed by atoms with Gasteiger partial charge in [0.25, 0.3) is 0 Å². The Labute approximate surface area is 303 Å². The number of nitrogens with two attached hydrogens (primary N) is 2. The van der Waals surface area contributed by atoms with E-state index in [2.05, 4.69) is 69.3 Å². The molecule has 0 saturated heterocycles. The second-order valence-electron chi connectivity index (χ2n) is 13.2. The lowest BCUT2D eigenvalue weighted by atomic mass is 10.1. The predicted octanol–water partition coefficient (Wildman–Crippen LogP) is 8.31. The number of nitrogens with zero attached hydrogens (tertiary/aromatic N) is 6. The average Bonchev–Trinajstić information content (AvgIpc) is 3.71. The van der Waals surface area contributed by atoms with E-state index in [9.17, 15) is 0 Å². The number of rotatable bonds is 10. The highest BCUT2D eigenvalue weighted by Crippen LogP contribution is 2.34. The third kappa shape index (κ3) is 6.78. The van der Waals surface area contributed by atoms with Gasteiger partial charge in [0.1, 0.15) is 35.4 Å². The van der Waals surface area contributed by atoms with E-state index in [1.54, 1.807) is 7.11 Å². The lowest BCUT2D eigenvalue weighted by molar-refractivity contribution is 0.125. The van der Waals surface area contributed by atoms with Crippen LogP contribution < -0.4 is 11.5 Å². The topological polar surface area (TPSA) is 132 Å². The maximum absolute atomic E-state index is 6.29. The summed E-state index contributed by atoms with van der Waals surface area (Å²) in [4.78, 5) is 18.7. The van der Waals surface area contributed by atoms with Gasteiger partial charge in [0.2, 0.25) is 0 Å². The van der Waals surface area contributed by atoms with Gasteiger partial charge in [0.15, 0.2) is 11.6 Å². The van der Waals surface area contributed by atoms with Crippen molar-refractivity contribution in [2.24, 2.45) is 5.92 Å². The van der Waals surface area contributed by atoms with Crippen molar-refractivity contribution in [1.29, 1.82) is 0 Å². The number of nitrogen functional groups attached to an aromatic ring is 2. The van der Waals surface area contributed by atoms with E-state index < -0.39 is 0 Å². The number of pyridine rings is 2. The van der Waals surface area contributed by atoms with Gasteiger partial charge >= 0.3 is 0 Å². The fourth-order valence-corrected chi connectivity index (χ4v) is 6.79. The fraction of sp³-hybridized carbons (Fsp3) is 0.238. The van der Waals surface area contributed by atoms with Crippen LogP contribution in [0.1, 0.15) is 49.7 Å². The monoisotopic (exact) mass is 692 g/mol. The van der Waals surface area contributed by atoms with Crippen LogP contribution >= 0.6 is 0 Å². The number of methoxy groups -OCH3 is 1. The van der Waals surface area contributed by atoms with Crippen molar-refractivity contribution in [3.8, 4) is 0 Å². The zero-order chi connectivity index (χ0) is 36.2. The minimum atomic E-state index is -0.268. The first-order valence-corrected chi connectivity index (χ1v) is 17.6. The second-order valence-corrected chi connectivity index (χ2v) is 13.2. The largest absolute Gasteiger partial charge is 0.382 e. The van der Waals surface area contributed by atoms with E-state index in [-0.39, 0.29) is 6.10 Å². The highest BCUT2D eigenvalue weighted by atomic mass is 16.5. The number of imidazole rings is 2. The molecule has 1 atom stereocenters. The Bertz CT molecular complexity index is 2460. The zero-order valence-electron chi connectivity index (χ0n) is 30.0. The minimum Gasteiger partial charge on any atom is -0.382 e. The van der Waals surface area contributed by atoms with Crippen molar-refractivity contribution in [3.05, 3.63) is 132 Å². The average molecular weight is 693 g/mol. The molecular weight excluding hydrogens is 649 g/mol. The molecular formula is C42H44N8O2. The molecule has 264 valence electrons. The van der Waals surface area contributed by atoms with Gasteiger partial charge in [0.05, 0.1) is 22.1 Å². The Balaban J connectivity index is 0.000000162. The van der Waals surface area contributed by atoms with Crippen molar-refractivity contribution < 1.29 is 9.47 Å². The molecule has 0 saturated carbocycles. The van der Waals surface area contributed by atoms with Crippen LogP contribution in [0.15, 0.2) is 109 Å².